The van der Waals surface area contributed by atoms with E-state index in [1.54, 1.807) is 0 Å². The van der Waals surface area contributed by atoms with Crippen LogP contribution in [0.5, 0.6) is 0 Å². The molecule has 0 saturated carbocycles. The van der Waals surface area contributed by atoms with Gasteiger partial charge in [-0.3, -0.25) is 4.79 Å². The molecule has 0 bridgehead atoms. The molecule has 1 aliphatic rings. The van der Waals surface area contributed by atoms with Gasteiger partial charge < -0.3 is 15.1 Å². The molecule has 0 spiro atoms. The van der Waals surface area contributed by atoms with Crippen LogP contribution in [-0.4, -0.2) is 49.0 Å². The Hall–Kier alpha value is -2.92. The first-order valence-electron chi connectivity index (χ1n) is 9.34. The molecule has 1 saturated heterocycles. The van der Waals surface area contributed by atoms with E-state index in [-0.39, 0.29) is 5.91 Å². The van der Waals surface area contributed by atoms with Crippen LogP contribution >= 0.6 is 0 Å². The van der Waals surface area contributed by atoms with Crippen molar-refractivity contribution >= 4 is 22.5 Å². The van der Waals surface area contributed by atoms with Crippen molar-refractivity contribution in [3.63, 3.8) is 0 Å². The van der Waals surface area contributed by atoms with Gasteiger partial charge in [0.25, 0.3) is 5.91 Å². The zero-order valence-electron chi connectivity index (χ0n) is 15.6. The SMILES string of the molecule is CN1CCN(c2ccc(CNC(=O)c3ccc4ccccc4c3)cn2)CC1. The summed E-state index contributed by atoms with van der Waals surface area (Å²) in [4.78, 5) is 21.7. The molecule has 1 N–H and O–H groups in total. The van der Waals surface area contributed by atoms with Gasteiger partial charge >= 0.3 is 0 Å². The highest BCUT2D eigenvalue weighted by atomic mass is 16.1. The van der Waals surface area contributed by atoms with Crippen molar-refractivity contribution in [1.29, 1.82) is 0 Å². The molecular formula is C22H24N4O. The first kappa shape index (κ1) is 17.5. The van der Waals surface area contributed by atoms with Gasteiger partial charge in [-0.05, 0) is 41.6 Å². The standard InChI is InChI=1S/C22H24N4O/c1-25-10-12-26(13-11-25)21-9-6-17(15-23-21)16-24-22(27)20-8-7-18-4-2-3-5-19(18)14-20/h2-9,14-15H,10-13,16H2,1H3,(H,24,27). The van der Waals surface area contributed by atoms with Crippen LogP contribution in [0.25, 0.3) is 10.8 Å². The summed E-state index contributed by atoms with van der Waals surface area (Å²) in [6.45, 7) is 4.60. The van der Waals surface area contributed by atoms with E-state index in [0.717, 1.165) is 48.3 Å². The number of nitrogens with zero attached hydrogens (tertiary/aromatic N) is 3. The Kier molecular flexibility index (Phi) is 5.03. The van der Waals surface area contributed by atoms with E-state index >= 15 is 0 Å². The van der Waals surface area contributed by atoms with E-state index in [9.17, 15) is 4.79 Å². The lowest BCUT2D eigenvalue weighted by atomic mass is 10.1. The zero-order valence-corrected chi connectivity index (χ0v) is 15.6. The van der Waals surface area contributed by atoms with Crippen molar-refractivity contribution in [1.82, 2.24) is 15.2 Å². The number of anilines is 1. The molecule has 0 aliphatic carbocycles. The summed E-state index contributed by atoms with van der Waals surface area (Å²) in [6, 6.07) is 17.9. The second-order valence-electron chi connectivity index (χ2n) is 7.06. The van der Waals surface area contributed by atoms with Crippen molar-refractivity contribution in [3.05, 3.63) is 71.9 Å². The van der Waals surface area contributed by atoms with Gasteiger partial charge in [0.05, 0.1) is 0 Å². The van der Waals surface area contributed by atoms with Crippen LogP contribution in [-0.2, 0) is 6.54 Å². The van der Waals surface area contributed by atoms with Crippen LogP contribution in [0.4, 0.5) is 5.82 Å². The molecule has 0 radical (unpaired) electrons. The van der Waals surface area contributed by atoms with Crippen LogP contribution in [0.1, 0.15) is 15.9 Å². The number of pyridine rings is 1. The van der Waals surface area contributed by atoms with E-state index in [0.29, 0.717) is 12.1 Å². The molecule has 0 unspecified atom stereocenters. The number of hydrogen-bond acceptors (Lipinski definition) is 4. The molecule has 3 aromatic rings. The summed E-state index contributed by atoms with van der Waals surface area (Å²) in [7, 11) is 2.14. The highest BCUT2D eigenvalue weighted by Gasteiger charge is 2.15. The summed E-state index contributed by atoms with van der Waals surface area (Å²) in [6.07, 6.45) is 1.86. The van der Waals surface area contributed by atoms with E-state index in [2.05, 4.69) is 27.1 Å². The molecule has 2 aromatic carbocycles. The fourth-order valence-electron chi connectivity index (χ4n) is 3.36. The minimum absolute atomic E-state index is 0.0658. The lowest BCUT2D eigenvalue weighted by Crippen LogP contribution is -2.44. The minimum atomic E-state index is -0.0658. The van der Waals surface area contributed by atoms with Crippen LogP contribution in [0.3, 0.4) is 0 Å². The maximum atomic E-state index is 12.5. The molecular weight excluding hydrogens is 336 g/mol. The monoisotopic (exact) mass is 360 g/mol. The van der Waals surface area contributed by atoms with Crippen LogP contribution in [0, 0.1) is 0 Å². The van der Waals surface area contributed by atoms with Gasteiger partial charge in [0.1, 0.15) is 5.82 Å². The van der Waals surface area contributed by atoms with Gasteiger partial charge in [-0.2, -0.15) is 0 Å². The number of hydrogen-bond donors (Lipinski definition) is 1. The highest BCUT2D eigenvalue weighted by Crippen LogP contribution is 2.16. The van der Waals surface area contributed by atoms with Gasteiger partial charge in [0, 0.05) is 44.5 Å². The average molecular weight is 360 g/mol. The number of nitrogens with one attached hydrogen (secondary N) is 1. The summed E-state index contributed by atoms with van der Waals surface area (Å²) < 4.78 is 0. The number of amides is 1. The Balaban J connectivity index is 1.37. The molecule has 138 valence electrons. The van der Waals surface area contributed by atoms with Crippen molar-refractivity contribution in [3.8, 4) is 0 Å². The molecule has 1 aliphatic heterocycles. The van der Waals surface area contributed by atoms with Crippen LogP contribution < -0.4 is 10.2 Å². The fraction of sp³-hybridized carbons (Fsp3) is 0.273. The van der Waals surface area contributed by atoms with E-state index < -0.39 is 0 Å². The topological polar surface area (TPSA) is 48.5 Å². The van der Waals surface area contributed by atoms with Crippen molar-refractivity contribution in [2.24, 2.45) is 0 Å². The average Bonchev–Trinajstić information content (AvgIpc) is 2.72. The number of carbonyl (C=O) groups is 1. The first-order valence-corrected chi connectivity index (χ1v) is 9.34. The summed E-state index contributed by atoms with van der Waals surface area (Å²) in [5.74, 6) is 0.941. The predicted molar refractivity (Wildman–Crippen MR) is 109 cm³/mol. The van der Waals surface area contributed by atoms with E-state index in [4.69, 9.17) is 0 Å². The van der Waals surface area contributed by atoms with Crippen molar-refractivity contribution in [2.75, 3.05) is 38.1 Å². The first-order chi connectivity index (χ1) is 13.2. The van der Waals surface area contributed by atoms with Gasteiger partial charge in [0.15, 0.2) is 0 Å². The number of carbonyl (C=O) groups excluding carboxylic acids is 1. The van der Waals surface area contributed by atoms with Gasteiger partial charge in [-0.25, -0.2) is 4.98 Å². The number of piperazine rings is 1. The van der Waals surface area contributed by atoms with Gasteiger partial charge in [-0.1, -0.05) is 36.4 Å². The maximum Gasteiger partial charge on any atom is 0.251 e. The molecule has 1 aromatic heterocycles. The van der Waals surface area contributed by atoms with Crippen molar-refractivity contribution < 1.29 is 4.79 Å². The Morgan fingerprint density at radius 2 is 1.78 bits per heavy atom. The Morgan fingerprint density at radius 1 is 1.00 bits per heavy atom. The van der Waals surface area contributed by atoms with Gasteiger partial charge in [0.2, 0.25) is 0 Å². The minimum Gasteiger partial charge on any atom is -0.354 e. The number of benzene rings is 2. The largest absolute Gasteiger partial charge is 0.354 e. The van der Waals surface area contributed by atoms with Crippen LogP contribution in [0.15, 0.2) is 60.8 Å². The third-order valence-corrected chi connectivity index (χ3v) is 5.10. The van der Waals surface area contributed by atoms with Gasteiger partial charge in [-0.15, -0.1) is 0 Å². The second-order valence-corrected chi connectivity index (χ2v) is 7.06. The number of aromatic nitrogens is 1. The fourth-order valence-corrected chi connectivity index (χ4v) is 3.36. The summed E-state index contributed by atoms with van der Waals surface area (Å²) >= 11 is 0. The highest BCUT2D eigenvalue weighted by molar-refractivity contribution is 5.98. The normalized spacial score (nSPS) is 15.1. The Bertz CT molecular complexity index is 930. The molecule has 1 amide bonds. The van der Waals surface area contributed by atoms with Crippen LogP contribution in [0.2, 0.25) is 0 Å². The Labute approximate surface area is 159 Å². The molecule has 4 rings (SSSR count). The molecule has 2 heterocycles. The molecule has 5 heteroatoms. The Morgan fingerprint density at radius 3 is 2.52 bits per heavy atom. The molecule has 0 atom stereocenters. The molecule has 27 heavy (non-hydrogen) atoms. The molecule has 1 fully saturated rings. The smallest absolute Gasteiger partial charge is 0.251 e. The quantitative estimate of drug-likeness (QED) is 0.777. The van der Waals surface area contributed by atoms with Crippen molar-refractivity contribution in [2.45, 2.75) is 6.54 Å². The van der Waals surface area contributed by atoms with E-state index in [1.807, 2.05) is 60.8 Å². The molecule has 5 nitrogen and oxygen atoms in total. The number of rotatable bonds is 4. The van der Waals surface area contributed by atoms with E-state index in [1.165, 1.54) is 0 Å². The summed E-state index contributed by atoms with van der Waals surface area (Å²) in [5.41, 5.74) is 1.68. The number of likely N-dealkylation sites (N-methyl/N-ethyl adjacent to an activating group) is 1. The zero-order chi connectivity index (χ0) is 18.6. The maximum absolute atomic E-state index is 12.5. The third kappa shape index (κ3) is 4.09. The lowest BCUT2D eigenvalue weighted by Gasteiger charge is -2.33. The lowest BCUT2D eigenvalue weighted by molar-refractivity contribution is 0.0951. The predicted octanol–water partition coefficient (Wildman–Crippen LogP) is 2.92. The third-order valence-electron chi connectivity index (χ3n) is 5.10. The summed E-state index contributed by atoms with van der Waals surface area (Å²) in [5, 5.41) is 5.19. The second kappa shape index (κ2) is 7.76. The number of fused-ring (bicyclic) bond motifs is 1.